The Balaban J connectivity index is 1.52. The molecule has 5 aromatic rings. The highest BCUT2D eigenvalue weighted by molar-refractivity contribution is 7.99. The quantitative estimate of drug-likeness (QED) is 0.169. The first-order valence-corrected chi connectivity index (χ1v) is 12.2. The van der Waals surface area contributed by atoms with Crippen LogP contribution in [0.15, 0.2) is 101 Å². The predicted molar refractivity (Wildman–Crippen MR) is 142 cm³/mol. The highest BCUT2D eigenvalue weighted by Crippen LogP contribution is 2.31. The van der Waals surface area contributed by atoms with E-state index >= 15 is 0 Å². The molecule has 2 aromatic heterocycles. The Morgan fingerprint density at radius 1 is 0.833 bits per heavy atom. The van der Waals surface area contributed by atoms with Crippen molar-refractivity contribution in [2.75, 3.05) is 20.0 Å². The van der Waals surface area contributed by atoms with Crippen LogP contribution in [0.25, 0.3) is 39.7 Å². The molecule has 7 nitrogen and oxygen atoms in total. The third-order valence-corrected chi connectivity index (χ3v) is 6.39. The smallest absolute Gasteiger partial charge is 0.277 e. The molecular weight excluding hydrogens is 472 g/mol. The topological polar surface area (TPSA) is 75.2 Å². The van der Waals surface area contributed by atoms with E-state index in [4.69, 9.17) is 19.0 Å². The van der Waals surface area contributed by atoms with Gasteiger partial charge in [-0.3, -0.25) is 0 Å². The van der Waals surface area contributed by atoms with Gasteiger partial charge in [0.2, 0.25) is 5.89 Å². The maximum absolute atomic E-state index is 5.76. The molecule has 36 heavy (non-hydrogen) atoms. The van der Waals surface area contributed by atoms with Gasteiger partial charge in [-0.25, -0.2) is 4.68 Å². The minimum absolute atomic E-state index is 0.475. The van der Waals surface area contributed by atoms with Crippen molar-refractivity contribution in [1.82, 2.24) is 20.0 Å². The number of methoxy groups -OCH3 is 2. The molecule has 3 aromatic carbocycles. The zero-order valence-corrected chi connectivity index (χ0v) is 20.7. The van der Waals surface area contributed by atoms with E-state index in [0.717, 1.165) is 45.3 Å². The fraction of sp³-hybridized carbons (Fsp3) is 0.107. The third-order valence-electron chi connectivity index (χ3n) is 5.57. The molecule has 0 aliphatic rings. The van der Waals surface area contributed by atoms with Crippen molar-refractivity contribution >= 4 is 11.8 Å². The monoisotopic (exact) mass is 496 g/mol. The molecule has 0 aliphatic carbocycles. The van der Waals surface area contributed by atoms with Gasteiger partial charge >= 0.3 is 0 Å². The molecule has 0 unspecified atom stereocenters. The molecule has 8 heteroatoms. The van der Waals surface area contributed by atoms with Crippen molar-refractivity contribution in [3.8, 4) is 51.2 Å². The minimum Gasteiger partial charge on any atom is -0.497 e. The van der Waals surface area contributed by atoms with E-state index in [0.29, 0.717) is 16.9 Å². The average molecular weight is 497 g/mol. The predicted octanol–water partition coefficient (Wildman–Crippen LogP) is 6.55. The summed E-state index contributed by atoms with van der Waals surface area (Å²) >= 11 is 1.45. The third kappa shape index (κ3) is 4.89. The Hall–Kier alpha value is -4.30. The second-order valence-electron chi connectivity index (χ2n) is 7.80. The number of aromatic nitrogens is 4. The number of thioether (sulfide) groups is 1. The summed E-state index contributed by atoms with van der Waals surface area (Å²) in [7, 11) is 3.32. The maximum Gasteiger partial charge on any atom is 0.277 e. The van der Waals surface area contributed by atoms with E-state index in [-0.39, 0.29) is 0 Å². The van der Waals surface area contributed by atoms with Gasteiger partial charge in [0.1, 0.15) is 11.5 Å². The summed E-state index contributed by atoms with van der Waals surface area (Å²) in [5, 5.41) is 13.7. The van der Waals surface area contributed by atoms with Gasteiger partial charge in [0, 0.05) is 22.4 Å². The molecule has 2 heterocycles. The second kappa shape index (κ2) is 10.5. The maximum atomic E-state index is 5.76. The van der Waals surface area contributed by atoms with Gasteiger partial charge in [-0.15, -0.1) is 16.8 Å². The number of benzene rings is 3. The molecule has 0 spiro atoms. The van der Waals surface area contributed by atoms with E-state index in [1.165, 1.54) is 11.8 Å². The molecular formula is C28H24N4O3S. The lowest BCUT2D eigenvalue weighted by Crippen LogP contribution is -1.99. The van der Waals surface area contributed by atoms with Crippen molar-refractivity contribution < 1.29 is 13.9 Å². The fourth-order valence-electron chi connectivity index (χ4n) is 3.71. The van der Waals surface area contributed by atoms with Gasteiger partial charge in [0.25, 0.3) is 5.22 Å². The van der Waals surface area contributed by atoms with Gasteiger partial charge < -0.3 is 13.9 Å². The van der Waals surface area contributed by atoms with Crippen LogP contribution in [-0.2, 0) is 0 Å². The lowest BCUT2D eigenvalue weighted by molar-refractivity contribution is 0.414. The van der Waals surface area contributed by atoms with E-state index in [1.807, 2.05) is 77.5 Å². The summed E-state index contributed by atoms with van der Waals surface area (Å²) in [5.74, 6) is 2.79. The average Bonchev–Trinajstić information content (AvgIpc) is 3.60. The van der Waals surface area contributed by atoms with Crippen LogP contribution >= 0.6 is 11.8 Å². The first-order chi connectivity index (χ1) is 17.7. The Bertz CT molecular complexity index is 1460. The summed E-state index contributed by atoms with van der Waals surface area (Å²) in [5.41, 5.74) is 5.57. The van der Waals surface area contributed by atoms with Crippen molar-refractivity contribution in [3.63, 3.8) is 0 Å². The molecule has 0 saturated carbocycles. The molecule has 0 N–H and O–H groups in total. The number of ether oxygens (including phenoxy) is 2. The summed E-state index contributed by atoms with van der Waals surface area (Å²) in [6, 6.07) is 25.8. The van der Waals surface area contributed by atoms with Crippen LogP contribution in [0.5, 0.6) is 11.5 Å². The molecule has 0 radical (unpaired) electrons. The SMILES string of the molecule is C=CCSc1nnc(-c2ccc(-n3nc(-c4ccc(OC)cc4)cc3-c3ccc(OC)cc3)cc2)o1. The Morgan fingerprint density at radius 2 is 1.44 bits per heavy atom. The molecule has 0 atom stereocenters. The van der Waals surface area contributed by atoms with Crippen LogP contribution in [0.2, 0.25) is 0 Å². The van der Waals surface area contributed by atoms with Gasteiger partial charge in [-0.05, 0) is 78.9 Å². The second-order valence-corrected chi connectivity index (χ2v) is 8.77. The normalized spacial score (nSPS) is 10.8. The highest BCUT2D eigenvalue weighted by Gasteiger charge is 2.15. The van der Waals surface area contributed by atoms with Crippen LogP contribution in [0, 0.1) is 0 Å². The molecule has 0 aliphatic heterocycles. The number of rotatable bonds is 9. The highest BCUT2D eigenvalue weighted by atomic mass is 32.2. The van der Waals surface area contributed by atoms with Crippen molar-refractivity contribution in [2.24, 2.45) is 0 Å². The first-order valence-electron chi connectivity index (χ1n) is 11.3. The minimum atomic E-state index is 0.475. The van der Waals surface area contributed by atoms with E-state index in [1.54, 1.807) is 20.3 Å². The first kappa shape index (κ1) is 23.4. The van der Waals surface area contributed by atoms with Gasteiger partial charge in [0.15, 0.2) is 0 Å². The molecule has 5 rings (SSSR count). The van der Waals surface area contributed by atoms with Crippen molar-refractivity contribution in [2.45, 2.75) is 5.22 Å². The number of hydrogen-bond donors (Lipinski definition) is 0. The van der Waals surface area contributed by atoms with Crippen LogP contribution in [0.1, 0.15) is 0 Å². The molecule has 180 valence electrons. The molecule has 0 fully saturated rings. The van der Waals surface area contributed by atoms with Crippen LogP contribution in [-0.4, -0.2) is 40.0 Å². The Kier molecular flexibility index (Phi) is 6.86. The summed E-state index contributed by atoms with van der Waals surface area (Å²) < 4.78 is 18.3. The standard InChI is InChI=1S/C28H24N4O3S/c1-4-17-36-28-30-29-27(35-28)21-5-11-22(12-6-21)32-26(20-9-15-24(34-3)16-10-20)18-25(31-32)19-7-13-23(33-2)14-8-19/h4-16,18H,1,17H2,2-3H3. The number of nitrogens with zero attached hydrogens (tertiary/aromatic N) is 4. The van der Waals surface area contributed by atoms with Crippen molar-refractivity contribution in [1.29, 1.82) is 0 Å². The van der Waals surface area contributed by atoms with Crippen molar-refractivity contribution in [3.05, 3.63) is 91.5 Å². The van der Waals surface area contributed by atoms with E-state index in [2.05, 4.69) is 22.8 Å². The van der Waals surface area contributed by atoms with Gasteiger partial charge in [-0.2, -0.15) is 5.10 Å². The summed E-state index contributed by atoms with van der Waals surface area (Å²) in [6.07, 6.45) is 1.80. The lowest BCUT2D eigenvalue weighted by Gasteiger charge is -2.09. The summed E-state index contributed by atoms with van der Waals surface area (Å²) in [6.45, 7) is 3.71. The van der Waals surface area contributed by atoms with Gasteiger partial charge in [0.05, 0.1) is 31.3 Å². The Labute approximate surface area is 213 Å². The molecule has 0 saturated heterocycles. The Morgan fingerprint density at radius 3 is 2.06 bits per heavy atom. The lowest BCUT2D eigenvalue weighted by atomic mass is 10.1. The largest absolute Gasteiger partial charge is 0.497 e. The van der Waals surface area contributed by atoms with E-state index in [9.17, 15) is 0 Å². The van der Waals surface area contributed by atoms with Crippen LogP contribution < -0.4 is 9.47 Å². The fourth-order valence-corrected chi connectivity index (χ4v) is 4.21. The van der Waals surface area contributed by atoms with Crippen LogP contribution in [0.4, 0.5) is 0 Å². The number of hydrogen-bond acceptors (Lipinski definition) is 7. The molecule has 0 bridgehead atoms. The zero-order chi connectivity index (χ0) is 24.9. The zero-order valence-electron chi connectivity index (χ0n) is 19.9. The van der Waals surface area contributed by atoms with Gasteiger partial charge in [-0.1, -0.05) is 17.8 Å². The summed E-state index contributed by atoms with van der Waals surface area (Å²) in [4.78, 5) is 0. The molecule has 0 amide bonds. The van der Waals surface area contributed by atoms with Crippen LogP contribution in [0.3, 0.4) is 0 Å². The van der Waals surface area contributed by atoms with E-state index < -0.39 is 0 Å².